The Morgan fingerprint density at radius 2 is 1.89 bits per heavy atom. The van der Waals surface area contributed by atoms with Gasteiger partial charge < -0.3 is 28.6 Å². The Kier molecular flexibility index (Phi) is 10.1. The lowest BCUT2D eigenvalue weighted by molar-refractivity contribution is -0.165. The van der Waals surface area contributed by atoms with Crippen LogP contribution in [0.5, 0.6) is 11.5 Å². The Balaban J connectivity index is 1.51. The topological polar surface area (TPSA) is 90.3 Å². The molecular weight excluding hydrogens is 618 g/mol. The van der Waals surface area contributed by atoms with Crippen molar-refractivity contribution in [3.05, 3.63) is 81.9 Å². The lowest BCUT2D eigenvalue weighted by atomic mass is 9.85. The van der Waals surface area contributed by atoms with Crippen LogP contribution in [-0.2, 0) is 26.2 Å². The number of nitrogens with zero attached hydrogens (tertiary/aromatic N) is 2. The lowest BCUT2D eigenvalue weighted by Crippen LogP contribution is -2.46. The summed E-state index contributed by atoms with van der Waals surface area (Å²) in [6, 6.07) is 15.1. The molecule has 0 spiro atoms. The van der Waals surface area contributed by atoms with Gasteiger partial charge in [-0.05, 0) is 57.7 Å². The molecule has 1 unspecified atom stereocenters. The van der Waals surface area contributed by atoms with Crippen molar-refractivity contribution in [3.8, 4) is 28.7 Å². The van der Waals surface area contributed by atoms with Crippen molar-refractivity contribution in [2.75, 3.05) is 33.4 Å². The Morgan fingerprint density at radius 1 is 1.13 bits per heavy atom. The summed E-state index contributed by atoms with van der Waals surface area (Å²) < 4.78 is 60.8. The predicted octanol–water partition coefficient (Wildman–Crippen LogP) is 7.78. The van der Waals surface area contributed by atoms with Crippen molar-refractivity contribution in [3.63, 3.8) is 0 Å². The molecule has 1 saturated heterocycles. The number of halogens is 3. The van der Waals surface area contributed by atoms with Gasteiger partial charge >= 0.3 is 6.09 Å². The summed E-state index contributed by atoms with van der Waals surface area (Å²) in [4.78, 5) is 14.4. The molecule has 0 radical (unpaired) electrons. The van der Waals surface area contributed by atoms with E-state index in [2.05, 4.69) is 0 Å². The maximum Gasteiger partial charge on any atom is 0.410 e. The van der Waals surface area contributed by atoms with E-state index in [-0.39, 0.29) is 65.7 Å². The Labute approximate surface area is 272 Å². The van der Waals surface area contributed by atoms with Crippen molar-refractivity contribution >= 4 is 17.7 Å². The second kappa shape index (κ2) is 13.8. The number of hydrogen-bond donors (Lipinski definition) is 0. The van der Waals surface area contributed by atoms with Gasteiger partial charge in [-0.2, -0.15) is 5.26 Å². The number of likely N-dealkylation sites (N-methyl/N-ethyl adjacent to an activating group) is 1. The van der Waals surface area contributed by atoms with Crippen molar-refractivity contribution in [2.45, 2.75) is 63.9 Å². The molecule has 244 valence electrons. The zero-order valence-corrected chi connectivity index (χ0v) is 27.1. The molecule has 3 aromatic carbocycles. The van der Waals surface area contributed by atoms with Gasteiger partial charge in [0.15, 0.2) is 23.5 Å². The molecule has 2 atom stereocenters. The van der Waals surface area contributed by atoms with Gasteiger partial charge in [-0.15, -0.1) is 0 Å². The fourth-order valence-electron chi connectivity index (χ4n) is 5.75. The molecule has 46 heavy (non-hydrogen) atoms. The summed E-state index contributed by atoms with van der Waals surface area (Å²) in [6.07, 6.45) is 1.95. The Bertz CT molecular complexity index is 1620. The minimum atomic E-state index is -1.21. The van der Waals surface area contributed by atoms with E-state index in [4.69, 9.17) is 35.3 Å². The number of ether oxygens (including phenoxy) is 5. The number of benzene rings is 3. The molecule has 0 N–H and O–H groups in total. The van der Waals surface area contributed by atoms with E-state index in [0.29, 0.717) is 17.7 Å². The monoisotopic (exact) mass is 654 g/mol. The first-order valence-corrected chi connectivity index (χ1v) is 15.6. The van der Waals surface area contributed by atoms with Crippen molar-refractivity contribution in [1.29, 1.82) is 5.26 Å². The van der Waals surface area contributed by atoms with Gasteiger partial charge in [-0.3, -0.25) is 0 Å². The molecule has 5 rings (SSSR count). The zero-order valence-electron chi connectivity index (χ0n) is 26.3. The second-order valence-corrected chi connectivity index (χ2v) is 12.8. The number of amides is 1. The summed E-state index contributed by atoms with van der Waals surface area (Å²) >= 11 is 6.58. The SMILES string of the molecule is CN(C[C@@]1(c2ccccc2)Cc2c(cc(F)c(Cl)c2-c2c(C#N)ccc(OCCOC3CCCCO3)c2F)O1)C(=O)OC(C)(C)C. The normalized spacial score (nSPS) is 19.1. The zero-order chi connectivity index (χ0) is 33.1. The fourth-order valence-corrected chi connectivity index (χ4v) is 6.01. The highest BCUT2D eigenvalue weighted by Crippen LogP contribution is 2.51. The first-order valence-electron chi connectivity index (χ1n) is 15.2. The van der Waals surface area contributed by atoms with Crippen LogP contribution in [-0.4, -0.2) is 56.3 Å². The fraction of sp³-hybridized carbons (Fsp3) is 0.429. The van der Waals surface area contributed by atoms with Gasteiger partial charge in [0.2, 0.25) is 0 Å². The van der Waals surface area contributed by atoms with E-state index in [1.807, 2.05) is 36.4 Å². The highest BCUT2D eigenvalue weighted by Gasteiger charge is 2.46. The van der Waals surface area contributed by atoms with Crippen molar-refractivity contribution in [2.24, 2.45) is 0 Å². The van der Waals surface area contributed by atoms with Gasteiger partial charge in [0.25, 0.3) is 0 Å². The lowest BCUT2D eigenvalue weighted by Gasteiger charge is -2.34. The molecule has 11 heteroatoms. The van der Waals surface area contributed by atoms with Crippen LogP contribution in [0.3, 0.4) is 0 Å². The molecule has 1 amide bonds. The Morgan fingerprint density at radius 3 is 2.57 bits per heavy atom. The first-order chi connectivity index (χ1) is 21.9. The Hall–Kier alpha value is -3.91. The molecule has 2 aliphatic heterocycles. The third-order valence-corrected chi connectivity index (χ3v) is 8.18. The summed E-state index contributed by atoms with van der Waals surface area (Å²) in [5, 5.41) is 9.63. The number of carbonyl (C=O) groups excluding carboxylic acids is 1. The number of rotatable bonds is 9. The van der Waals surface area contributed by atoms with E-state index in [0.717, 1.165) is 25.3 Å². The number of carbonyl (C=O) groups is 1. The van der Waals surface area contributed by atoms with Crippen LogP contribution in [0, 0.1) is 23.0 Å². The predicted molar refractivity (Wildman–Crippen MR) is 168 cm³/mol. The second-order valence-electron chi connectivity index (χ2n) is 12.4. The van der Waals surface area contributed by atoms with Crippen LogP contribution in [0.15, 0.2) is 48.5 Å². The van der Waals surface area contributed by atoms with Crippen molar-refractivity contribution < 1.29 is 37.3 Å². The van der Waals surface area contributed by atoms with E-state index >= 15 is 8.78 Å². The minimum Gasteiger partial charge on any atom is -0.488 e. The first kappa shape index (κ1) is 33.5. The molecule has 2 aliphatic rings. The highest BCUT2D eigenvalue weighted by atomic mass is 35.5. The van der Waals surface area contributed by atoms with E-state index in [1.54, 1.807) is 27.8 Å². The van der Waals surface area contributed by atoms with Crippen LogP contribution < -0.4 is 9.47 Å². The largest absolute Gasteiger partial charge is 0.488 e. The maximum atomic E-state index is 16.3. The summed E-state index contributed by atoms with van der Waals surface area (Å²) in [5.41, 5.74) is -1.14. The van der Waals surface area contributed by atoms with Crippen LogP contribution in [0.25, 0.3) is 11.1 Å². The molecule has 1 fully saturated rings. The third kappa shape index (κ3) is 7.22. The van der Waals surface area contributed by atoms with Gasteiger partial charge in [0.05, 0.1) is 29.8 Å². The minimum absolute atomic E-state index is 0.0132. The highest BCUT2D eigenvalue weighted by molar-refractivity contribution is 6.34. The molecule has 0 bridgehead atoms. The van der Waals surface area contributed by atoms with Crippen LogP contribution in [0.1, 0.15) is 56.7 Å². The van der Waals surface area contributed by atoms with Crippen LogP contribution in [0.2, 0.25) is 5.02 Å². The molecule has 0 aromatic heterocycles. The van der Waals surface area contributed by atoms with Gasteiger partial charge in [-0.25, -0.2) is 13.6 Å². The van der Waals surface area contributed by atoms with Gasteiger partial charge in [0.1, 0.15) is 23.8 Å². The average Bonchev–Trinajstić information content (AvgIpc) is 3.39. The standard InChI is InChI=1S/C35H37ClF2N2O6/c1-34(2,3)46-33(41)40(4)21-35(23-10-6-5-7-11-23)19-24-27(45-35)18-25(37)31(36)30(24)29-22(20-39)13-14-26(32(29)38)42-16-17-44-28-12-8-9-15-43-28/h5-7,10-11,13-14,18,28H,8-9,12,15-17,19,21H2,1-4H3/t28?,35-/m1/s1. The van der Waals surface area contributed by atoms with Gasteiger partial charge in [-0.1, -0.05) is 41.9 Å². The average molecular weight is 655 g/mol. The molecule has 0 saturated carbocycles. The molecular formula is C35H37ClF2N2O6. The van der Waals surface area contributed by atoms with Crippen LogP contribution >= 0.6 is 11.6 Å². The number of hydrogen-bond acceptors (Lipinski definition) is 7. The third-order valence-electron chi connectivity index (χ3n) is 7.81. The number of nitriles is 1. The van der Waals surface area contributed by atoms with E-state index < -0.39 is 28.9 Å². The van der Waals surface area contributed by atoms with Crippen LogP contribution in [0.4, 0.5) is 13.6 Å². The molecule has 3 aromatic rings. The molecule has 2 heterocycles. The van der Waals surface area contributed by atoms with Crippen molar-refractivity contribution in [1.82, 2.24) is 4.90 Å². The quantitative estimate of drug-likeness (QED) is 0.218. The molecule has 0 aliphatic carbocycles. The van der Waals surface area contributed by atoms with Gasteiger partial charge in [0, 0.05) is 42.8 Å². The smallest absolute Gasteiger partial charge is 0.410 e. The summed E-state index contributed by atoms with van der Waals surface area (Å²) in [7, 11) is 1.58. The number of fused-ring (bicyclic) bond motifs is 1. The molecule has 8 nitrogen and oxygen atoms in total. The van der Waals surface area contributed by atoms with E-state index in [1.165, 1.54) is 17.0 Å². The van der Waals surface area contributed by atoms with E-state index in [9.17, 15) is 10.1 Å². The maximum absolute atomic E-state index is 16.3. The summed E-state index contributed by atoms with van der Waals surface area (Å²) in [5.74, 6) is -1.75. The summed E-state index contributed by atoms with van der Waals surface area (Å²) in [6.45, 7) is 6.12.